The first kappa shape index (κ1) is 15.5. The monoisotopic (exact) mass is 260 g/mol. The van der Waals surface area contributed by atoms with Gasteiger partial charge in [0.1, 0.15) is 5.75 Å². The van der Waals surface area contributed by atoms with Crippen molar-refractivity contribution in [1.82, 2.24) is 5.32 Å². The van der Waals surface area contributed by atoms with Crippen molar-refractivity contribution in [2.45, 2.75) is 39.7 Å². The molecular weight excluding hydrogens is 236 g/mol. The molecule has 0 aliphatic heterocycles. The summed E-state index contributed by atoms with van der Waals surface area (Å²) in [6.45, 7) is 7.78. The number of nitrogens with one attached hydrogen (secondary N) is 1. The maximum absolute atomic E-state index is 8.84. The molecule has 0 fully saturated rings. The number of hydrogen-bond acceptors (Lipinski definition) is 3. The number of nitriles is 1. The number of nitrogens with zero attached hydrogens (tertiary/aromatic N) is 1. The minimum Gasteiger partial charge on any atom is -0.491 e. The van der Waals surface area contributed by atoms with E-state index < -0.39 is 0 Å². The summed E-state index contributed by atoms with van der Waals surface area (Å²) in [7, 11) is 0. The summed E-state index contributed by atoms with van der Waals surface area (Å²) in [6.07, 6.45) is 2.10. The molecule has 1 atom stereocenters. The zero-order chi connectivity index (χ0) is 14.1. The minimum atomic E-state index is 0.127. The van der Waals surface area contributed by atoms with E-state index in [1.54, 1.807) is 0 Å². The maximum atomic E-state index is 8.84. The Kier molecular flexibility index (Phi) is 6.99. The van der Waals surface area contributed by atoms with Crippen molar-refractivity contribution in [3.8, 4) is 11.8 Å². The van der Waals surface area contributed by atoms with Crippen LogP contribution < -0.4 is 10.1 Å². The summed E-state index contributed by atoms with van der Waals surface area (Å²) < 4.78 is 5.60. The molecule has 0 bridgehead atoms. The normalized spacial score (nSPS) is 12.2. The lowest BCUT2D eigenvalue weighted by Gasteiger charge is -2.11. The van der Waals surface area contributed by atoms with Crippen LogP contribution in [-0.4, -0.2) is 19.2 Å². The van der Waals surface area contributed by atoms with E-state index in [0.717, 1.165) is 31.7 Å². The molecule has 104 valence electrons. The molecule has 0 amide bonds. The van der Waals surface area contributed by atoms with E-state index in [2.05, 4.69) is 23.5 Å². The summed E-state index contributed by atoms with van der Waals surface area (Å²) >= 11 is 0. The highest BCUT2D eigenvalue weighted by Crippen LogP contribution is 2.13. The van der Waals surface area contributed by atoms with Gasteiger partial charge >= 0.3 is 0 Å². The van der Waals surface area contributed by atoms with E-state index >= 15 is 0 Å². The lowest BCUT2D eigenvalue weighted by atomic mass is 10.1. The van der Waals surface area contributed by atoms with E-state index in [9.17, 15) is 0 Å². The Morgan fingerprint density at radius 1 is 1.26 bits per heavy atom. The fourth-order valence-electron chi connectivity index (χ4n) is 1.80. The molecule has 1 N–H and O–H groups in total. The summed E-state index contributed by atoms with van der Waals surface area (Å²) in [4.78, 5) is 0. The average molecular weight is 260 g/mol. The summed E-state index contributed by atoms with van der Waals surface area (Å²) in [5.74, 6) is 1.05. The smallest absolute Gasteiger partial charge is 0.119 e. The van der Waals surface area contributed by atoms with Crippen LogP contribution in [0.3, 0.4) is 0 Å². The molecule has 0 aromatic heterocycles. The van der Waals surface area contributed by atoms with Crippen molar-refractivity contribution in [2.75, 3.05) is 13.1 Å². The lowest BCUT2D eigenvalue weighted by molar-refractivity contribution is 0.242. The molecule has 1 unspecified atom stereocenters. The van der Waals surface area contributed by atoms with Crippen LogP contribution in [-0.2, 0) is 6.42 Å². The van der Waals surface area contributed by atoms with Crippen molar-refractivity contribution in [3.63, 3.8) is 0 Å². The Morgan fingerprint density at radius 3 is 2.47 bits per heavy atom. The Bertz CT molecular complexity index is 392. The van der Waals surface area contributed by atoms with E-state index in [1.165, 1.54) is 5.56 Å². The molecule has 1 aromatic carbocycles. The lowest BCUT2D eigenvalue weighted by Crippen LogP contribution is -2.23. The number of ether oxygens (including phenoxy) is 1. The van der Waals surface area contributed by atoms with Gasteiger partial charge in [0.05, 0.1) is 18.1 Å². The van der Waals surface area contributed by atoms with E-state index in [0.29, 0.717) is 0 Å². The third kappa shape index (κ3) is 6.26. The first-order chi connectivity index (χ1) is 9.15. The molecule has 1 rings (SSSR count). The molecule has 0 saturated heterocycles. The number of benzene rings is 1. The van der Waals surface area contributed by atoms with Crippen LogP contribution in [0.15, 0.2) is 24.3 Å². The van der Waals surface area contributed by atoms with Gasteiger partial charge in [0.2, 0.25) is 0 Å². The third-order valence-electron chi connectivity index (χ3n) is 2.95. The van der Waals surface area contributed by atoms with Gasteiger partial charge in [-0.1, -0.05) is 19.1 Å². The van der Waals surface area contributed by atoms with Crippen molar-refractivity contribution < 1.29 is 4.74 Å². The highest BCUT2D eigenvalue weighted by Gasteiger charge is 2.03. The van der Waals surface area contributed by atoms with Crippen LogP contribution in [0.25, 0.3) is 0 Å². The number of hydrogen-bond donors (Lipinski definition) is 1. The molecule has 19 heavy (non-hydrogen) atoms. The molecule has 0 heterocycles. The van der Waals surface area contributed by atoms with Gasteiger partial charge in [-0.05, 0) is 50.9 Å². The fourth-order valence-corrected chi connectivity index (χ4v) is 1.80. The van der Waals surface area contributed by atoms with Gasteiger partial charge in [-0.2, -0.15) is 5.26 Å². The van der Waals surface area contributed by atoms with Gasteiger partial charge in [-0.3, -0.25) is 0 Å². The molecule has 0 saturated carbocycles. The standard InChI is InChI=1S/C16H24N2O/c1-4-14(11-17)12-18-10-9-15-5-7-16(8-6-15)19-13(2)3/h5-8,13-14,18H,4,9-10,12H2,1-3H3. The predicted molar refractivity (Wildman–Crippen MR) is 78.2 cm³/mol. The molecule has 3 heteroatoms. The van der Waals surface area contributed by atoms with Gasteiger partial charge in [0, 0.05) is 6.54 Å². The average Bonchev–Trinajstić information content (AvgIpc) is 2.40. The van der Waals surface area contributed by atoms with Crippen molar-refractivity contribution in [3.05, 3.63) is 29.8 Å². The summed E-state index contributed by atoms with van der Waals surface area (Å²) in [6, 6.07) is 10.5. The Balaban J connectivity index is 2.28. The molecule has 0 aliphatic rings. The summed E-state index contributed by atoms with van der Waals surface area (Å²) in [5.41, 5.74) is 1.29. The molecule has 0 radical (unpaired) electrons. The Hall–Kier alpha value is -1.53. The number of rotatable bonds is 8. The van der Waals surface area contributed by atoms with Gasteiger partial charge in [-0.15, -0.1) is 0 Å². The second-order valence-electron chi connectivity index (χ2n) is 5.00. The second kappa shape index (κ2) is 8.55. The molecule has 3 nitrogen and oxygen atoms in total. The predicted octanol–water partition coefficient (Wildman–Crippen LogP) is 3.16. The highest BCUT2D eigenvalue weighted by atomic mass is 16.5. The maximum Gasteiger partial charge on any atom is 0.119 e. The van der Waals surface area contributed by atoms with Crippen LogP contribution in [0.4, 0.5) is 0 Å². The summed E-state index contributed by atoms with van der Waals surface area (Å²) in [5, 5.41) is 12.2. The Morgan fingerprint density at radius 2 is 1.95 bits per heavy atom. The zero-order valence-corrected chi connectivity index (χ0v) is 12.1. The van der Waals surface area contributed by atoms with Crippen LogP contribution in [0.2, 0.25) is 0 Å². The molecular formula is C16H24N2O. The van der Waals surface area contributed by atoms with Crippen LogP contribution in [0, 0.1) is 17.2 Å². The van der Waals surface area contributed by atoms with Crippen molar-refractivity contribution in [2.24, 2.45) is 5.92 Å². The van der Waals surface area contributed by atoms with Crippen LogP contribution in [0.1, 0.15) is 32.8 Å². The van der Waals surface area contributed by atoms with Gasteiger partial charge in [0.15, 0.2) is 0 Å². The molecule has 1 aromatic rings. The fraction of sp³-hybridized carbons (Fsp3) is 0.562. The van der Waals surface area contributed by atoms with Gasteiger partial charge < -0.3 is 10.1 Å². The minimum absolute atomic E-state index is 0.127. The largest absolute Gasteiger partial charge is 0.491 e. The van der Waals surface area contributed by atoms with Crippen molar-refractivity contribution >= 4 is 0 Å². The van der Waals surface area contributed by atoms with Gasteiger partial charge in [-0.25, -0.2) is 0 Å². The second-order valence-corrected chi connectivity index (χ2v) is 5.00. The SMILES string of the molecule is CCC(C#N)CNCCc1ccc(OC(C)C)cc1. The van der Waals surface area contributed by atoms with E-state index in [1.807, 2.05) is 32.9 Å². The van der Waals surface area contributed by atoms with Crippen molar-refractivity contribution in [1.29, 1.82) is 5.26 Å². The third-order valence-corrected chi connectivity index (χ3v) is 2.95. The van der Waals surface area contributed by atoms with E-state index in [-0.39, 0.29) is 12.0 Å². The highest BCUT2D eigenvalue weighted by molar-refractivity contribution is 5.27. The zero-order valence-electron chi connectivity index (χ0n) is 12.1. The quantitative estimate of drug-likeness (QED) is 0.730. The molecule has 0 aliphatic carbocycles. The van der Waals surface area contributed by atoms with Crippen LogP contribution in [0.5, 0.6) is 5.75 Å². The first-order valence-corrected chi connectivity index (χ1v) is 7.01. The van der Waals surface area contributed by atoms with E-state index in [4.69, 9.17) is 10.00 Å². The van der Waals surface area contributed by atoms with Crippen LogP contribution >= 0.6 is 0 Å². The first-order valence-electron chi connectivity index (χ1n) is 7.01. The molecule has 0 spiro atoms. The Labute approximate surface area is 116 Å². The topological polar surface area (TPSA) is 45.0 Å². The van der Waals surface area contributed by atoms with Gasteiger partial charge in [0.25, 0.3) is 0 Å².